The molecular weight excluding hydrogens is 408 g/mol. The molecule has 0 spiro atoms. The SMILES string of the molecule is CC(C)(O)c1ccc(N2CCN(S(=O)(=O)c3cccs3)CC2)c(C#CCCO)c1. The van der Waals surface area contributed by atoms with Gasteiger partial charge in [-0.2, -0.15) is 4.31 Å². The molecular formula is C21H26N2O4S2. The van der Waals surface area contributed by atoms with Gasteiger partial charge < -0.3 is 15.1 Å². The fourth-order valence-corrected chi connectivity index (χ4v) is 5.78. The molecule has 2 aromatic rings. The van der Waals surface area contributed by atoms with E-state index in [2.05, 4.69) is 16.7 Å². The first-order valence-corrected chi connectivity index (χ1v) is 11.8. The second kappa shape index (κ2) is 8.86. The first-order chi connectivity index (χ1) is 13.7. The summed E-state index contributed by atoms with van der Waals surface area (Å²) in [6, 6.07) is 9.06. The molecule has 0 atom stereocenters. The summed E-state index contributed by atoms with van der Waals surface area (Å²) in [7, 11) is -3.44. The minimum atomic E-state index is -3.44. The largest absolute Gasteiger partial charge is 0.395 e. The van der Waals surface area contributed by atoms with Crippen LogP contribution >= 0.6 is 11.3 Å². The molecule has 2 N–H and O–H groups in total. The molecule has 0 saturated carbocycles. The van der Waals surface area contributed by atoms with Gasteiger partial charge in [0.15, 0.2) is 0 Å². The molecule has 2 heterocycles. The average molecular weight is 435 g/mol. The number of rotatable bonds is 5. The van der Waals surface area contributed by atoms with Crippen molar-refractivity contribution in [2.75, 3.05) is 37.7 Å². The zero-order valence-electron chi connectivity index (χ0n) is 16.6. The topological polar surface area (TPSA) is 81.1 Å². The van der Waals surface area contributed by atoms with Crippen molar-refractivity contribution in [3.05, 3.63) is 46.8 Å². The van der Waals surface area contributed by atoms with Gasteiger partial charge in [-0.25, -0.2) is 8.42 Å². The van der Waals surface area contributed by atoms with E-state index in [4.69, 9.17) is 5.11 Å². The van der Waals surface area contributed by atoms with E-state index in [-0.39, 0.29) is 6.61 Å². The number of thiophene rings is 1. The standard InChI is InChI=1S/C21H26N2O4S2/c1-21(2,25)18-8-9-19(17(16-18)6-3-4-14-24)22-10-12-23(13-11-22)29(26,27)20-7-5-15-28-20/h5,7-9,15-16,24-25H,4,10-14H2,1-2H3. The highest BCUT2D eigenvalue weighted by atomic mass is 32.2. The number of hydrogen-bond acceptors (Lipinski definition) is 6. The highest BCUT2D eigenvalue weighted by molar-refractivity contribution is 7.91. The van der Waals surface area contributed by atoms with Crippen molar-refractivity contribution >= 4 is 27.0 Å². The number of aliphatic hydroxyl groups excluding tert-OH is 1. The summed E-state index contributed by atoms with van der Waals surface area (Å²) < 4.78 is 27.4. The first kappa shape index (κ1) is 21.8. The van der Waals surface area contributed by atoms with Crippen molar-refractivity contribution in [3.63, 3.8) is 0 Å². The van der Waals surface area contributed by atoms with Crippen LogP contribution in [0, 0.1) is 11.8 Å². The Bertz CT molecular complexity index is 992. The van der Waals surface area contributed by atoms with Gasteiger partial charge in [0.05, 0.1) is 17.9 Å². The van der Waals surface area contributed by atoms with Crippen LogP contribution in [0.5, 0.6) is 0 Å². The fraction of sp³-hybridized carbons (Fsp3) is 0.429. The Labute approximate surface area is 176 Å². The molecule has 0 aliphatic carbocycles. The molecule has 1 aromatic heterocycles. The number of benzene rings is 1. The average Bonchev–Trinajstić information content (AvgIpc) is 3.23. The lowest BCUT2D eigenvalue weighted by atomic mass is 9.95. The Hall–Kier alpha value is -1.89. The summed E-state index contributed by atoms with van der Waals surface area (Å²) >= 11 is 1.23. The number of nitrogens with zero attached hydrogens (tertiary/aromatic N) is 2. The van der Waals surface area contributed by atoms with Crippen molar-refractivity contribution < 1.29 is 18.6 Å². The Morgan fingerprint density at radius 3 is 2.48 bits per heavy atom. The number of piperazine rings is 1. The van der Waals surface area contributed by atoms with Crippen LogP contribution in [-0.2, 0) is 15.6 Å². The molecule has 6 nitrogen and oxygen atoms in total. The Kier molecular flexibility index (Phi) is 6.66. The van der Waals surface area contributed by atoms with Crippen molar-refractivity contribution in [2.24, 2.45) is 0 Å². The number of hydrogen-bond donors (Lipinski definition) is 2. The zero-order valence-corrected chi connectivity index (χ0v) is 18.3. The van der Waals surface area contributed by atoms with Gasteiger partial charge in [-0.15, -0.1) is 11.3 Å². The van der Waals surface area contributed by atoms with E-state index >= 15 is 0 Å². The molecule has 29 heavy (non-hydrogen) atoms. The van der Waals surface area contributed by atoms with E-state index in [0.717, 1.165) is 16.8 Å². The van der Waals surface area contributed by atoms with Crippen LogP contribution in [0.25, 0.3) is 0 Å². The third-order valence-electron chi connectivity index (χ3n) is 4.83. The van der Waals surface area contributed by atoms with E-state index in [1.807, 2.05) is 18.2 Å². The lowest BCUT2D eigenvalue weighted by molar-refractivity contribution is 0.0786. The van der Waals surface area contributed by atoms with Crippen molar-refractivity contribution in [1.29, 1.82) is 0 Å². The van der Waals surface area contributed by atoms with Gasteiger partial charge in [-0.3, -0.25) is 0 Å². The Morgan fingerprint density at radius 2 is 1.90 bits per heavy atom. The molecule has 0 amide bonds. The van der Waals surface area contributed by atoms with Gasteiger partial charge in [-0.05, 0) is 43.0 Å². The third kappa shape index (κ3) is 5.00. The van der Waals surface area contributed by atoms with Crippen molar-refractivity contribution in [3.8, 4) is 11.8 Å². The van der Waals surface area contributed by atoms with Crippen LogP contribution in [0.3, 0.4) is 0 Å². The van der Waals surface area contributed by atoms with Crippen LogP contribution in [0.4, 0.5) is 5.69 Å². The summed E-state index contributed by atoms with van der Waals surface area (Å²) in [5.74, 6) is 6.04. The molecule has 1 saturated heterocycles. The monoisotopic (exact) mass is 434 g/mol. The van der Waals surface area contributed by atoms with Crippen LogP contribution < -0.4 is 4.90 Å². The molecule has 0 unspecified atom stereocenters. The van der Waals surface area contributed by atoms with Gasteiger partial charge in [0, 0.05) is 38.2 Å². The van der Waals surface area contributed by atoms with Crippen LogP contribution in [0.1, 0.15) is 31.4 Å². The minimum absolute atomic E-state index is 0.00717. The van der Waals surface area contributed by atoms with Gasteiger partial charge in [0.25, 0.3) is 10.0 Å². The van der Waals surface area contributed by atoms with Crippen molar-refractivity contribution in [1.82, 2.24) is 4.31 Å². The number of sulfonamides is 1. The van der Waals surface area contributed by atoms with Crippen LogP contribution in [-0.4, -0.2) is 55.7 Å². The fourth-order valence-electron chi connectivity index (χ4n) is 3.21. The van der Waals surface area contributed by atoms with Gasteiger partial charge >= 0.3 is 0 Å². The van der Waals surface area contributed by atoms with Crippen LogP contribution in [0.2, 0.25) is 0 Å². The first-order valence-electron chi connectivity index (χ1n) is 9.49. The quantitative estimate of drug-likeness (QED) is 0.706. The smallest absolute Gasteiger partial charge is 0.252 e. The molecule has 0 radical (unpaired) electrons. The minimum Gasteiger partial charge on any atom is -0.395 e. The predicted molar refractivity (Wildman–Crippen MR) is 116 cm³/mol. The van der Waals surface area contributed by atoms with E-state index < -0.39 is 15.6 Å². The van der Waals surface area contributed by atoms with Gasteiger partial charge in [0.1, 0.15) is 4.21 Å². The molecule has 1 aromatic carbocycles. The number of anilines is 1. The normalized spacial score (nSPS) is 15.8. The van der Waals surface area contributed by atoms with Gasteiger partial charge in [-0.1, -0.05) is 24.0 Å². The maximum Gasteiger partial charge on any atom is 0.252 e. The molecule has 156 valence electrons. The van der Waals surface area contributed by atoms with E-state index in [9.17, 15) is 13.5 Å². The summed E-state index contributed by atoms with van der Waals surface area (Å²) in [4.78, 5) is 2.12. The lowest BCUT2D eigenvalue weighted by Crippen LogP contribution is -2.48. The van der Waals surface area contributed by atoms with E-state index in [1.165, 1.54) is 15.6 Å². The predicted octanol–water partition coefficient (Wildman–Crippen LogP) is 2.22. The highest BCUT2D eigenvalue weighted by Gasteiger charge is 2.30. The Balaban J connectivity index is 1.82. The summed E-state index contributed by atoms with van der Waals surface area (Å²) in [6.07, 6.45) is 0.374. The Morgan fingerprint density at radius 1 is 1.17 bits per heavy atom. The summed E-state index contributed by atoms with van der Waals surface area (Å²) in [5, 5.41) is 21.1. The zero-order chi connectivity index (χ0) is 21.1. The summed E-state index contributed by atoms with van der Waals surface area (Å²) in [6.45, 7) is 5.35. The molecule has 1 fully saturated rings. The third-order valence-corrected chi connectivity index (χ3v) is 8.10. The maximum atomic E-state index is 12.7. The second-order valence-electron chi connectivity index (χ2n) is 7.39. The molecule has 0 bridgehead atoms. The molecule has 8 heteroatoms. The highest BCUT2D eigenvalue weighted by Crippen LogP contribution is 2.29. The summed E-state index contributed by atoms with van der Waals surface area (Å²) in [5.41, 5.74) is 1.46. The van der Waals surface area contributed by atoms with Crippen LogP contribution in [0.15, 0.2) is 39.9 Å². The van der Waals surface area contributed by atoms with E-state index in [0.29, 0.717) is 36.8 Å². The van der Waals surface area contributed by atoms with Crippen molar-refractivity contribution in [2.45, 2.75) is 30.1 Å². The molecule has 1 aliphatic rings. The van der Waals surface area contributed by atoms with Gasteiger partial charge in [0.2, 0.25) is 0 Å². The maximum absolute atomic E-state index is 12.7. The molecule has 3 rings (SSSR count). The lowest BCUT2D eigenvalue weighted by Gasteiger charge is -2.36. The number of aliphatic hydroxyl groups is 2. The second-order valence-corrected chi connectivity index (χ2v) is 10.5. The van der Waals surface area contributed by atoms with E-state index in [1.54, 1.807) is 31.4 Å². The molecule has 1 aliphatic heterocycles.